The SMILES string of the molecule is CNC(Cc1nc(C(OC)C(C)C)no1)C(C)(C)C. The quantitative estimate of drug-likeness (QED) is 0.860. The molecule has 1 aromatic heterocycles. The predicted octanol–water partition coefficient (Wildman–Crippen LogP) is 2.59. The number of likely N-dealkylation sites (N-methyl/N-ethyl adjacent to an activating group) is 1. The van der Waals surface area contributed by atoms with Gasteiger partial charge in [0.05, 0.1) is 0 Å². The largest absolute Gasteiger partial charge is 0.373 e. The number of hydrogen-bond acceptors (Lipinski definition) is 5. The van der Waals surface area contributed by atoms with E-state index >= 15 is 0 Å². The molecule has 0 bridgehead atoms. The van der Waals surface area contributed by atoms with E-state index in [0.717, 1.165) is 6.42 Å². The highest BCUT2D eigenvalue weighted by molar-refractivity contribution is 4.96. The van der Waals surface area contributed by atoms with E-state index in [9.17, 15) is 0 Å². The Bertz CT molecular complexity index is 382. The molecule has 110 valence electrons. The smallest absolute Gasteiger partial charge is 0.228 e. The maximum Gasteiger partial charge on any atom is 0.228 e. The van der Waals surface area contributed by atoms with Gasteiger partial charge in [-0.15, -0.1) is 0 Å². The fourth-order valence-corrected chi connectivity index (χ4v) is 2.16. The molecule has 0 amide bonds. The van der Waals surface area contributed by atoms with Crippen molar-refractivity contribution in [2.45, 2.75) is 53.2 Å². The Morgan fingerprint density at radius 3 is 2.37 bits per heavy atom. The molecule has 2 unspecified atom stereocenters. The number of aromatic nitrogens is 2. The van der Waals surface area contributed by atoms with E-state index in [1.807, 2.05) is 7.05 Å². The third kappa shape index (κ3) is 4.28. The number of nitrogens with zero attached hydrogens (tertiary/aromatic N) is 2. The van der Waals surface area contributed by atoms with Gasteiger partial charge in [-0.2, -0.15) is 4.98 Å². The molecule has 0 saturated carbocycles. The Kier molecular flexibility index (Phi) is 5.50. The van der Waals surface area contributed by atoms with Crippen molar-refractivity contribution in [1.29, 1.82) is 0 Å². The van der Waals surface area contributed by atoms with Gasteiger partial charge in [0.25, 0.3) is 0 Å². The second kappa shape index (κ2) is 6.48. The average molecular weight is 269 g/mol. The van der Waals surface area contributed by atoms with Crippen molar-refractivity contribution < 1.29 is 9.26 Å². The molecular formula is C14H27N3O2. The first-order valence-corrected chi connectivity index (χ1v) is 6.82. The van der Waals surface area contributed by atoms with Gasteiger partial charge < -0.3 is 14.6 Å². The molecule has 19 heavy (non-hydrogen) atoms. The van der Waals surface area contributed by atoms with E-state index < -0.39 is 0 Å². The van der Waals surface area contributed by atoms with Crippen LogP contribution in [0.3, 0.4) is 0 Å². The molecule has 0 aromatic carbocycles. The Hall–Kier alpha value is -0.940. The lowest BCUT2D eigenvalue weighted by atomic mass is 9.85. The zero-order valence-electron chi connectivity index (χ0n) is 13.2. The first kappa shape index (κ1) is 16.1. The summed E-state index contributed by atoms with van der Waals surface area (Å²) in [6, 6.07) is 0.292. The molecule has 0 aliphatic carbocycles. The number of ether oxygens (including phenoxy) is 1. The molecule has 5 heteroatoms. The summed E-state index contributed by atoms with van der Waals surface area (Å²) in [7, 11) is 3.63. The molecule has 0 aliphatic rings. The van der Waals surface area contributed by atoms with Gasteiger partial charge in [0.2, 0.25) is 11.7 Å². The Balaban J connectivity index is 2.79. The summed E-state index contributed by atoms with van der Waals surface area (Å²) < 4.78 is 10.8. The van der Waals surface area contributed by atoms with E-state index in [4.69, 9.17) is 9.26 Å². The lowest BCUT2D eigenvalue weighted by Crippen LogP contribution is -2.39. The third-order valence-corrected chi connectivity index (χ3v) is 3.37. The van der Waals surface area contributed by atoms with Crippen molar-refractivity contribution in [3.63, 3.8) is 0 Å². The summed E-state index contributed by atoms with van der Waals surface area (Å²) >= 11 is 0. The number of nitrogens with one attached hydrogen (secondary N) is 1. The second-order valence-electron chi connectivity index (χ2n) is 6.36. The zero-order chi connectivity index (χ0) is 14.6. The Labute approximate surface area is 116 Å². The van der Waals surface area contributed by atoms with Crippen LogP contribution in [0.2, 0.25) is 0 Å². The molecule has 1 heterocycles. The van der Waals surface area contributed by atoms with E-state index in [1.54, 1.807) is 7.11 Å². The first-order valence-electron chi connectivity index (χ1n) is 6.82. The van der Waals surface area contributed by atoms with Gasteiger partial charge >= 0.3 is 0 Å². The Morgan fingerprint density at radius 2 is 1.95 bits per heavy atom. The zero-order valence-corrected chi connectivity index (χ0v) is 13.2. The topological polar surface area (TPSA) is 60.2 Å². The van der Waals surface area contributed by atoms with Gasteiger partial charge in [-0.3, -0.25) is 0 Å². The average Bonchev–Trinajstić information content (AvgIpc) is 2.73. The van der Waals surface area contributed by atoms with Crippen molar-refractivity contribution in [2.75, 3.05) is 14.2 Å². The van der Waals surface area contributed by atoms with Crippen LogP contribution in [-0.4, -0.2) is 30.3 Å². The van der Waals surface area contributed by atoms with Crippen LogP contribution in [0.4, 0.5) is 0 Å². The van der Waals surface area contributed by atoms with Crippen LogP contribution in [0, 0.1) is 11.3 Å². The number of hydrogen-bond donors (Lipinski definition) is 1. The third-order valence-electron chi connectivity index (χ3n) is 3.37. The van der Waals surface area contributed by atoms with E-state index in [2.05, 4.69) is 50.1 Å². The van der Waals surface area contributed by atoms with E-state index in [-0.39, 0.29) is 11.5 Å². The van der Waals surface area contributed by atoms with Crippen LogP contribution >= 0.6 is 0 Å². The molecule has 0 aliphatic heterocycles. The summed E-state index contributed by atoms with van der Waals surface area (Å²) in [6.07, 6.45) is 0.613. The minimum atomic E-state index is -0.111. The standard InChI is InChI=1S/C14H27N3O2/c1-9(2)12(18-7)13-16-11(19-17-13)8-10(15-6)14(3,4)5/h9-10,12,15H,8H2,1-7H3. The molecule has 5 nitrogen and oxygen atoms in total. The number of rotatable bonds is 6. The summed E-state index contributed by atoms with van der Waals surface area (Å²) in [5, 5.41) is 7.35. The molecule has 0 spiro atoms. The highest BCUT2D eigenvalue weighted by atomic mass is 16.5. The highest BCUT2D eigenvalue weighted by Gasteiger charge is 2.27. The van der Waals surface area contributed by atoms with Gasteiger partial charge in [-0.1, -0.05) is 39.8 Å². The van der Waals surface area contributed by atoms with Gasteiger partial charge in [0.1, 0.15) is 6.10 Å². The molecule has 1 rings (SSSR count). The molecular weight excluding hydrogens is 242 g/mol. The predicted molar refractivity (Wildman–Crippen MR) is 74.9 cm³/mol. The van der Waals surface area contributed by atoms with Gasteiger partial charge in [0.15, 0.2) is 0 Å². The summed E-state index contributed by atoms with van der Waals surface area (Å²) in [5.41, 5.74) is 0.141. The van der Waals surface area contributed by atoms with Gasteiger partial charge in [-0.05, 0) is 18.4 Å². The first-order chi connectivity index (χ1) is 8.79. The molecule has 0 fully saturated rings. The van der Waals surface area contributed by atoms with Gasteiger partial charge in [-0.25, -0.2) is 0 Å². The Morgan fingerprint density at radius 1 is 1.32 bits per heavy atom. The van der Waals surface area contributed by atoms with Crippen LogP contribution < -0.4 is 5.32 Å². The maximum absolute atomic E-state index is 5.41. The monoisotopic (exact) mass is 269 g/mol. The minimum absolute atomic E-state index is 0.111. The fourth-order valence-electron chi connectivity index (χ4n) is 2.16. The summed E-state index contributed by atoms with van der Waals surface area (Å²) in [6.45, 7) is 10.7. The van der Waals surface area contributed by atoms with E-state index in [0.29, 0.717) is 23.7 Å². The molecule has 1 N–H and O–H groups in total. The normalized spacial score (nSPS) is 15.8. The van der Waals surface area contributed by atoms with Crippen LogP contribution in [0.25, 0.3) is 0 Å². The maximum atomic E-state index is 5.41. The fraction of sp³-hybridized carbons (Fsp3) is 0.857. The van der Waals surface area contributed by atoms with Crippen molar-refractivity contribution in [3.05, 3.63) is 11.7 Å². The molecule has 0 radical (unpaired) electrons. The molecule has 2 atom stereocenters. The molecule has 0 saturated heterocycles. The van der Waals surface area contributed by atoms with Crippen LogP contribution in [-0.2, 0) is 11.2 Å². The van der Waals surface area contributed by atoms with Crippen LogP contribution in [0.1, 0.15) is 52.4 Å². The van der Waals surface area contributed by atoms with Crippen LogP contribution in [0.5, 0.6) is 0 Å². The number of methoxy groups -OCH3 is 1. The summed E-state index contributed by atoms with van der Waals surface area (Å²) in [5.74, 6) is 1.61. The highest BCUT2D eigenvalue weighted by Crippen LogP contribution is 2.25. The van der Waals surface area contributed by atoms with Gasteiger partial charge in [0, 0.05) is 19.6 Å². The van der Waals surface area contributed by atoms with Crippen molar-refractivity contribution >= 4 is 0 Å². The van der Waals surface area contributed by atoms with Crippen LogP contribution in [0.15, 0.2) is 4.52 Å². The second-order valence-corrected chi connectivity index (χ2v) is 6.36. The van der Waals surface area contributed by atoms with Crippen molar-refractivity contribution in [3.8, 4) is 0 Å². The summed E-state index contributed by atoms with van der Waals surface area (Å²) in [4.78, 5) is 4.46. The minimum Gasteiger partial charge on any atom is -0.373 e. The van der Waals surface area contributed by atoms with Crippen molar-refractivity contribution in [1.82, 2.24) is 15.5 Å². The lowest BCUT2D eigenvalue weighted by Gasteiger charge is -2.29. The lowest BCUT2D eigenvalue weighted by molar-refractivity contribution is 0.0555. The van der Waals surface area contributed by atoms with Crippen molar-refractivity contribution in [2.24, 2.45) is 11.3 Å². The van der Waals surface area contributed by atoms with E-state index in [1.165, 1.54) is 0 Å². The molecule has 1 aromatic rings.